The second-order valence-electron chi connectivity index (χ2n) is 3.92. The molecule has 0 fully saturated rings. The Balaban J connectivity index is 2.64. The van der Waals surface area contributed by atoms with E-state index in [9.17, 15) is 9.59 Å². The van der Waals surface area contributed by atoms with Gasteiger partial charge in [0.25, 0.3) is 0 Å². The van der Waals surface area contributed by atoms with Crippen molar-refractivity contribution >= 4 is 12.4 Å². The van der Waals surface area contributed by atoms with Crippen molar-refractivity contribution in [2.45, 2.75) is 19.4 Å². The molecule has 1 rings (SSSR count). The van der Waals surface area contributed by atoms with Crippen LogP contribution < -0.4 is 10.1 Å². The van der Waals surface area contributed by atoms with E-state index in [0.29, 0.717) is 25.2 Å². The molecule has 0 radical (unpaired) electrons. The maximum absolute atomic E-state index is 11.5. The molecule has 0 unspecified atom stereocenters. The van der Waals surface area contributed by atoms with Gasteiger partial charge < -0.3 is 14.8 Å². The Kier molecular flexibility index (Phi) is 6.69. The number of hydrogen-bond donors (Lipinski definition) is 1. The average molecular weight is 275 g/mol. The summed E-state index contributed by atoms with van der Waals surface area (Å²) in [5.74, 6) is 5.77. The molecule has 20 heavy (non-hydrogen) atoms. The van der Waals surface area contributed by atoms with Crippen LogP contribution in [0.1, 0.15) is 12.5 Å². The van der Waals surface area contributed by atoms with Crippen LogP contribution in [-0.4, -0.2) is 32.1 Å². The SMILES string of the molecule is CC#CCOc1ccc(C[C@H](NC=O)C(=O)OC)cc1. The van der Waals surface area contributed by atoms with Gasteiger partial charge in [-0.15, -0.1) is 5.92 Å². The Labute approximate surface area is 118 Å². The van der Waals surface area contributed by atoms with Crippen molar-refractivity contribution in [1.82, 2.24) is 5.32 Å². The predicted octanol–water partition coefficient (Wildman–Crippen LogP) is 0.919. The van der Waals surface area contributed by atoms with Crippen LogP contribution in [0.4, 0.5) is 0 Å². The second kappa shape index (κ2) is 8.59. The van der Waals surface area contributed by atoms with Gasteiger partial charge in [-0.2, -0.15) is 0 Å². The fraction of sp³-hybridized carbons (Fsp3) is 0.333. The fourth-order valence-electron chi connectivity index (χ4n) is 1.58. The largest absolute Gasteiger partial charge is 0.481 e. The summed E-state index contributed by atoms with van der Waals surface area (Å²) in [6.45, 7) is 2.09. The first kappa shape index (κ1) is 15.6. The van der Waals surface area contributed by atoms with E-state index in [4.69, 9.17) is 4.74 Å². The highest BCUT2D eigenvalue weighted by Crippen LogP contribution is 2.13. The van der Waals surface area contributed by atoms with Crippen molar-refractivity contribution in [3.05, 3.63) is 29.8 Å². The van der Waals surface area contributed by atoms with Crippen molar-refractivity contribution < 1.29 is 19.1 Å². The van der Waals surface area contributed by atoms with E-state index in [0.717, 1.165) is 5.56 Å². The molecule has 1 aromatic rings. The molecule has 0 bridgehead atoms. The molecule has 0 saturated heterocycles. The van der Waals surface area contributed by atoms with Crippen molar-refractivity contribution in [3.8, 4) is 17.6 Å². The number of ether oxygens (including phenoxy) is 2. The van der Waals surface area contributed by atoms with Crippen LogP contribution in [0.15, 0.2) is 24.3 Å². The van der Waals surface area contributed by atoms with Gasteiger partial charge in [-0.25, -0.2) is 4.79 Å². The zero-order chi connectivity index (χ0) is 14.8. The van der Waals surface area contributed by atoms with Crippen molar-refractivity contribution in [3.63, 3.8) is 0 Å². The molecule has 1 aromatic carbocycles. The van der Waals surface area contributed by atoms with Crippen molar-refractivity contribution in [2.75, 3.05) is 13.7 Å². The molecule has 0 heterocycles. The Morgan fingerprint density at radius 2 is 2.10 bits per heavy atom. The van der Waals surface area contributed by atoms with Crippen LogP contribution in [0.25, 0.3) is 0 Å². The molecule has 5 nitrogen and oxygen atoms in total. The third kappa shape index (κ3) is 5.02. The Morgan fingerprint density at radius 1 is 1.40 bits per heavy atom. The zero-order valence-electron chi connectivity index (χ0n) is 11.5. The summed E-state index contributed by atoms with van der Waals surface area (Å²) >= 11 is 0. The lowest BCUT2D eigenvalue weighted by Gasteiger charge is -2.13. The molecule has 1 N–H and O–H groups in total. The van der Waals surface area contributed by atoms with Crippen LogP contribution in [0.2, 0.25) is 0 Å². The van der Waals surface area contributed by atoms with Gasteiger partial charge in [0.1, 0.15) is 18.4 Å². The normalized spacial score (nSPS) is 10.7. The number of hydrogen-bond acceptors (Lipinski definition) is 4. The lowest BCUT2D eigenvalue weighted by Crippen LogP contribution is -2.38. The molecular formula is C15H17NO4. The average Bonchev–Trinajstić information content (AvgIpc) is 2.48. The number of carbonyl (C=O) groups excluding carboxylic acids is 2. The lowest BCUT2D eigenvalue weighted by atomic mass is 10.1. The smallest absolute Gasteiger partial charge is 0.328 e. The molecule has 0 saturated carbocycles. The Hall–Kier alpha value is -2.48. The van der Waals surface area contributed by atoms with Crippen LogP contribution >= 0.6 is 0 Å². The second-order valence-corrected chi connectivity index (χ2v) is 3.92. The van der Waals surface area contributed by atoms with Crippen LogP contribution in [0.5, 0.6) is 5.75 Å². The lowest BCUT2D eigenvalue weighted by molar-refractivity contribution is -0.144. The summed E-state index contributed by atoms with van der Waals surface area (Å²) in [6, 6.07) is 6.56. The van der Waals surface area contributed by atoms with E-state index < -0.39 is 12.0 Å². The van der Waals surface area contributed by atoms with Gasteiger partial charge in [0, 0.05) is 6.42 Å². The molecule has 106 valence electrons. The first-order valence-corrected chi connectivity index (χ1v) is 6.10. The van der Waals surface area contributed by atoms with Gasteiger partial charge >= 0.3 is 5.97 Å². The summed E-state index contributed by atoms with van der Waals surface area (Å²) in [7, 11) is 1.29. The standard InChI is InChI=1S/C15H17NO4/c1-3-4-9-20-13-7-5-12(6-8-13)10-14(16-11-17)15(18)19-2/h5-8,11,14H,9-10H2,1-2H3,(H,16,17)/t14-/m0/s1. The van der Waals surface area contributed by atoms with Gasteiger partial charge in [0.05, 0.1) is 7.11 Å². The highest BCUT2D eigenvalue weighted by molar-refractivity contribution is 5.78. The minimum absolute atomic E-state index is 0.341. The summed E-state index contributed by atoms with van der Waals surface area (Å²) in [4.78, 5) is 21.9. The highest BCUT2D eigenvalue weighted by atomic mass is 16.5. The van der Waals surface area contributed by atoms with Crippen LogP contribution in [0.3, 0.4) is 0 Å². The Bertz CT molecular complexity index is 499. The topological polar surface area (TPSA) is 64.6 Å². The molecule has 0 aliphatic carbocycles. The third-order valence-electron chi connectivity index (χ3n) is 2.61. The van der Waals surface area contributed by atoms with Gasteiger partial charge in [0.15, 0.2) is 0 Å². The number of benzene rings is 1. The van der Waals surface area contributed by atoms with E-state index in [1.807, 2.05) is 12.1 Å². The van der Waals surface area contributed by atoms with E-state index >= 15 is 0 Å². The van der Waals surface area contributed by atoms with Gasteiger partial charge in [-0.1, -0.05) is 18.1 Å². The highest BCUT2D eigenvalue weighted by Gasteiger charge is 2.18. The van der Waals surface area contributed by atoms with Crippen molar-refractivity contribution in [1.29, 1.82) is 0 Å². The summed E-state index contributed by atoms with van der Waals surface area (Å²) in [5.41, 5.74) is 0.892. The Morgan fingerprint density at radius 3 is 2.65 bits per heavy atom. The van der Waals surface area contributed by atoms with E-state index in [1.165, 1.54) is 7.11 Å². The summed E-state index contributed by atoms with van der Waals surface area (Å²) < 4.78 is 10.0. The fourth-order valence-corrected chi connectivity index (χ4v) is 1.58. The summed E-state index contributed by atoms with van der Waals surface area (Å²) in [5, 5.41) is 2.43. The molecule has 0 spiro atoms. The van der Waals surface area contributed by atoms with Gasteiger partial charge in [0.2, 0.25) is 6.41 Å². The van der Waals surface area contributed by atoms with Crippen molar-refractivity contribution in [2.24, 2.45) is 0 Å². The minimum Gasteiger partial charge on any atom is -0.481 e. The first-order chi connectivity index (χ1) is 9.71. The molecule has 0 aliphatic heterocycles. The number of carbonyl (C=O) groups is 2. The predicted molar refractivity (Wildman–Crippen MR) is 74.1 cm³/mol. The van der Waals surface area contributed by atoms with Crippen LogP contribution in [0, 0.1) is 11.8 Å². The van der Waals surface area contributed by atoms with Crippen LogP contribution in [-0.2, 0) is 20.7 Å². The van der Waals surface area contributed by atoms with E-state index in [1.54, 1.807) is 19.1 Å². The zero-order valence-corrected chi connectivity index (χ0v) is 11.5. The molecular weight excluding hydrogens is 258 g/mol. The third-order valence-corrected chi connectivity index (χ3v) is 2.61. The summed E-state index contributed by atoms with van der Waals surface area (Å²) in [6.07, 6.45) is 0.850. The number of esters is 1. The molecule has 0 aromatic heterocycles. The maximum atomic E-state index is 11.5. The number of nitrogens with one attached hydrogen (secondary N) is 1. The molecule has 1 atom stereocenters. The molecule has 1 amide bonds. The minimum atomic E-state index is -0.685. The molecule has 5 heteroatoms. The van der Waals surface area contributed by atoms with Gasteiger partial charge in [-0.3, -0.25) is 4.79 Å². The van der Waals surface area contributed by atoms with E-state index in [-0.39, 0.29) is 0 Å². The maximum Gasteiger partial charge on any atom is 0.328 e. The first-order valence-electron chi connectivity index (χ1n) is 6.10. The number of amides is 1. The molecule has 0 aliphatic rings. The number of methoxy groups -OCH3 is 1. The van der Waals surface area contributed by atoms with Gasteiger partial charge in [-0.05, 0) is 24.6 Å². The number of rotatable bonds is 7. The van der Waals surface area contributed by atoms with E-state index in [2.05, 4.69) is 21.9 Å². The monoisotopic (exact) mass is 275 g/mol. The quantitative estimate of drug-likeness (QED) is 0.456.